The number of aromatic nitrogens is 1. The van der Waals surface area contributed by atoms with Gasteiger partial charge in [-0.05, 0) is 18.6 Å². The predicted octanol–water partition coefficient (Wildman–Crippen LogP) is 3.20. The summed E-state index contributed by atoms with van der Waals surface area (Å²) in [6.45, 7) is 0. The maximum absolute atomic E-state index is 11.6. The maximum Gasteiger partial charge on any atom is 0.185 e. The van der Waals surface area contributed by atoms with E-state index in [1.54, 1.807) is 11.3 Å². The first-order chi connectivity index (χ1) is 9.94. The van der Waals surface area contributed by atoms with Crippen LogP contribution in [0, 0.1) is 0 Å². The van der Waals surface area contributed by atoms with E-state index in [0.29, 0.717) is 6.42 Å². The van der Waals surface area contributed by atoms with Gasteiger partial charge in [0.25, 0.3) is 0 Å². The van der Waals surface area contributed by atoms with Gasteiger partial charge in [-0.3, -0.25) is 0 Å². The molecule has 1 aromatic carbocycles. The van der Waals surface area contributed by atoms with Crippen LogP contribution >= 0.6 is 27.3 Å². The highest BCUT2D eigenvalue weighted by Gasteiger charge is 2.31. The number of thiazole rings is 1. The molecule has 1 aromatic heterocycles. The van der Waals surface area contributed by atoms with E-state index >= 15 is 0 Å². The van der Waals surface area contributed by atoms with Crippen molar-refractivity contribution in [1.29, 1.82) is 0 Å². The minimum absolute atomic E-state index is 0.0407. The topological polar surface area (TPSA) is 50.3 Å². The van der Waals surface area contributed by atoms with Crippen LogP contribution in [0.5, 0.6) is 0 Å². The molecule has 3 rings (SSSR count). The van der Waals surface area contributed by atoms with E-state index in [1.807, 2.05) is 41.6 Å². The molecule has 0 unspecified atom stereocenters. The van der Waals surface area contributed by atoms with Crippen LogP contribution in [0.3, 0.4) is 0 Å². The second-order valence-electron chi connectivity index (χ2n) is 5.19. The summed E-state index contributed by atoms with van der Waals surface area (Å²) in [6.07, 6.45) is 0.687. The molecule has 112 valence electrons. The average Bonchev–Trinajstić information content (AvgIpc) is 3.05. The Morgan fingerprint density at radius 2 is 2.05 bits per heavy atom. The quantitative estimate of drug-likeness (QED) is 0.812. The third-order valence-corrected chi connectivity index (χ3v) is 6.90. The summed E-state index contributed by atoms with van der Waals surface area (Å²) in [4.78, 5) is 6.63. The summed E-state index contributed by atoms with van der Waals surface area (Å²) >= 11 is 4.97. The Labute approximate surface area is 136 Å². The zero-order chi connectivity index (χ0) is 15.0. The summed E-state index contributed by atoms with van der Waals surface area (Å²) in [5, 5.41) is 2.88. The van der Waals surface area contributed by atoms with E-state index in [4.69, 9.17) is 0 Å². The molecule has 1 aliphatic rings. The molecule has 1 saturated heterocycles. The van der Waals surface area contributed by atoms with E-state index in [1.165, 1.54) is 0 Å². The highest BCUT2D eigenvalue weighted by Crippen LogP contribution is 2.30. The summed E-state index contributed by atoms with van der Waals surface area (Å²) < 4.78 is 24.2. The molecule has 2 heterocycles. The zero-order valence-corrected chi connectivity index (χ0v) is 14.7. The molecule has 21 heavy (non-hydrogen) atoms. The van der Waals surface area contributed by atoms with Crippen molar-refractivity contribution in [2.45, 2.75) is 12.5 Å². The minimum Gasteiger partial charge on any atom is -0.347 e. The van der Waals surface area contributed by atoms with Crippen LogP contribution in [-0.2, 0) is 9.84 Å². The average molecular weight is 387 g/mol. The number of hydrogen-bond donors (Lipinski definition) is 0. The fraction of sp³-hybridized carbons (Fsp3) is 0.357. The third-order valence-electron chi connectivity index (χ3n) is 3.69. The highest BCUT2D eigenvalue weighted by atomic mass is 79.9. The van der Waals surface area contributed by atoms with Crippen molar-refractivity contribution in [3.63, 3.8) is 0 Å². The third kappa shape index (κ3) is 3.30. The van der Waals surface area contributed by atoms with Crippen LogP contribution in [0.4, 0.5) is 5.13 Å². The first-order valence-corrected chi connectivity index (χ1v) is 10.1. The van der Waals surface area contributed by atoms with E-state index in [2.05, 4.69) is 20.9 Å². The minimum atomic E-state index is -2.87. The molecule has 0 amide bonds. The SMILES string of the molecule is CN(c1nc(-c2ccc(Br)cc2)cs1)[C@H]1CCS(=O)(=O)C1. The van der Waals surface area contributed by atoms with Gasteiger partial charge in [-0.2, -0.15) is 0 Å². The molecule has 1 atom stereocenters. The summed E-state index contributed by atoms with van der Waals surface area (Å²) in [5.41, 5.74) is 1.99. The standard InChI is InChI=1S/C14H15BrN2O2S2/c1-17(12-6-7-21(18,19)9-12)14-16-13(8-20-14)10-2-4-11(15)5-3-10/h2-5,8,12H,6-7,9H2,1H3/t12-/m0/s1. The number of halogens is 1. The number of nitrogens with zero attached hydrogens (tertiary/aromatic N) is 2. The molecular weight excluding hydrogens is 372 g/mol. The Balaban J connectivity index is 1.80. The lowest BCUT2D eigenvalue weighted by atomic mass is 10.2. The van der Waals surface area contributed by atoms with Crippen LogP contribution in [0.2, 0.25) is 0 Å². The monoisotopic (exact) mass is 386 g/mol. The van der Waals surface area contributed by atoms with Crippen molar-refractivity contribution in [2.75, 3.05) is 23.5 Å². The van der Waals surface area contributed by atoms with Gasteiger partial charge >= 0.3 is 0 Å². The van der Waals surface area contributed by atoms with E-state index in [-0.39, 0.29) is 17.5 Å². The molecule has 0 N–H and O–H groups in total. The molecule has 0 spiro atoms. The maximum atomic E-state index is 11.6. The van der Waals surface area contributed by atoms with Gasteiger partial charge in [0.1, 0.15) is 0 Å². The summed E-state index contributed by atoms with van der Waals surface area (Å²) in [6, 6.07) is 8.05. The molecule has 0 bridgehead atoms. The van der Waals surface area contributed by atoms with E-state index in [0.717, 1.165) is 20.9 Å². The van der Waals surface area contributed by atoms with E-state index in [9.17, 15) is 8.42 Å². The molecular formula is C14H15BrN2O2S2. The van der Waals surface area contributed by atoms with Gasteiger partial charge in [0.15, 0.2) is 15.0 Å². The number of hydrogen-bond acceptors (Lipinski definition) is 5. The smallest absolute Gasteiger partial charge is 0.185 e. The lowest BCUT2D eigenvalue weighted by molar-refractivity contribution is 0.601. The van der Waals surface area contributed by atoms with Crippen LogP contribution in [0.1, 0.15) is 6.42 Å². The Kier molecular flexibility index (Phi) is 4.07. The molecule has 2 aromatic rings. The Morgan fingerprint density at radius 1 is 1.33 bits per heavy atom. The summed E-state index contributed by atoms with van der Waals surface area (Å²) in [7, 11) is -0.942. The lowest BCUT2D eigenvalue weighted by Gasteiger charge is -2.22. The second-order valence-corrected chi connectivity index (χ2v) is 9.17. The van der Waals surface area contributed by atoms with Gasteiger partial charge in [0.05, 0.1) is 17.2 Å². The fourth-order valence-electron chi connectivity index (χ4n) is 2.42. The van der Waals surface area contributed by atoms with Crippen LogP contribution in [0.15, 0.2) is 34.1 Å². The van der Waals surface area contributed by atoms with Gasteiger partial charge < -0.3 is 4.90 Å². The fourth-order valence-corrected chi connectivity index (χ4v) is 5.33. The normalized spacial score (nSPS) is 20.6. The molecule has 4 nitrogen and oxygen atoms in total. The predicted molar refractivity (Wildman–Crippen MR) is 90.7 cm³/mol. The van der Waals surface area contributed by atoms with Gasteiger partial charge in [0, 0.05) is 28.5 Å². The molecule has 0 radical (unpaired) electrons. The van der Waals surface area contributed by atoms with Gasteiger partial charge in [-0.1, -0.05) is 28.1 Å². The van der Waals surface area contributed by atoms with Gasteiger partial charge in [-0.15, -0.1) is 11.3 Å². The molecule has 1 aliphatic heterocycles. The lowest BCUT2D eigenvalue weighted by Crippen LogP contribution is -2.32. The van der Waals surface area contributed by atoms with Crippen LogP contribution in [0.25, 0.3) is 11.3 Å². The van der Waals surface area contributed by atoms with Crippen molar-refractivity contribution in [2.24, 2.45) is 0 Å². The summed E-state index contributed by atoms with van der Waals surface area (Å²) in [5.74, 6) is 0.518. The van der Waals surface area contributed by atoms with Crippen molar-refractivity contribution < 1.29 is 8.42 Å². The number of benzene rings is 1. The van der Waals surface area contributed by atoms with Crippen LogP contribution < -0.4 is 4.90 Å². The first kappa shape index (κ1) is 15.0. The second kappa shape index (κ2) is 5.70. The molecule has 7 heteroatoms. The molecule has 0 saturated carbocycles. The van der Waals surface area contributed by atoms with E-state index < -0.39 is 9.84 Å². The molecule has 1 fully saturated rings. The Hall–Kier alpha value is -0.920. The number of sulfone groups is 1. The zero-order valence-electron chi connectivity index (χ0n) is 11.5. The largest absolute Gasteiger partial charge is 0.347 e. The molecule has 0 aliphatic carbocycles. The van der Waals surface area contributed by atoms with Crippen LogP contribution in [-0.4, -0.2) is 38.0 Å². The van der Waals surface area contributed by atoms with Crippen molar-refractivity contribution in [1.82, 2.24) is 4.98 Å². The van der Waals surface area contributed by atoms with Crippen molar-refractivity contribution >= 4 is 42.2 Å². The van der Waals surface area contributed by atoms with Gasteiger partial charge in [-0.25, -0.2) is 13.4 Å². The Bertz CT molecular complexity index is 741. The number of anilines is 1. The Morgan fingerprint density at radius 3 is 2.67 bits per heavy atom. The highest BCUT2D eigenvalue weighted by molar-refractivity contribution is 9.10. The van der Waals surface area contributed by atoms with Crippen molar-refractivity contribution in [3.8, 4) is 11.3 Å². The van der Waals surface area contributed by atoms with Crippen molar-refractivity contribution in [3.05, 3.63) is 34.1 Å². The van der Waals surface area contributed by atoms with Gasteiger partial charge in [0.2, 0.25) is 0 Å². The number of rotatable bonds is 3. The first-order valence-electron chi connectivity index (χ1n) is 6.59.